The van der Waals surface area contributed by atoms with Crippen LogP contribution in [0.2, 0.25) is 0 Å². The number of hydrogen-bond donors (Lipinski definition) is 2. The monoisotopic (exact) mass is 202 g/mol. The third-order valence-corrected chi connectivity index (χ3v) is 2.06. The molecule has 1 rings (SSSR count). The van der Waals surface area contributed by atoms with Gasteiger partial charge in [0.05, 0.1) is 19.3 Å². The fraction of sp³-hybridized carbons (Fsp3) is 0.889. The first-order chi connectivity index (χ1) is 6.83. The minimum Gasteiger partial charge on any atom is -0.384 e. The van der Waals surface area contributed by atoms with E-state index in [1.54, 1.807) is 7.11 Å². The number of carbonyl (C=O) groups is 1. The predicted molar refractivity (Wildman–Crippen MR) is 52.1 cm³/mol. The second-order valence-corrected chi connectivity index (χ2v) is 3.24. The van der Waals surface area contributed by atoms with E-state index in [1.165, 1.54) is 0 Å². The van der Waals surface area contributed by atoms with Crippen LogP contribution in [0.1, 0.15) is 6.42 Å². The second-order valence-electron chi connectivity index (χ2n) is 3.24. The van der Waals surface area contributed by atoms with E-state index in [4.69, 9.17) is 9.47 Å². The lowest BCUT2D eigenvalue weighted by Crippen LogP contribution is -2.45. The minimum absolute atomic E-state index is 0.0148. The first-order valence-corrected chi connectivity index (χ1v) is 4.91. The maximum atomic E-state index is 11.2. The Morgan fingerprint density at radius 1 is 1.71 bits per heavy atom. The first kappa shape index (κ1) is 11.4. The van der Waals surface area contributed by atoms with Crippen molar-refractivity contribution in [2.45, 2.75) is 12.5 Å². The number of hydrogen-bond acceptors (Lipinski definition) is 4. The normalized spacial score (nSPS) is 21.9. The first-order valence-electron chi connectivity index (χ1n) is 4.91. The average Bonchev–Trinajstić information content (AvgIpc) is 2.25. The van der Waals surface area contributed by atoms with Crippen molar-refractivity contribution in [3.05, 3.63) is 0 Å². The molecule has 5 heteroatoms. The average molecular weight is 202 g/mol. The number of carbonyl (C=O) groups excluding carboxylic acids is 1. The van der Waals surface area contributed by atoms with Crippen LogP contribution in [0.5, 0.6) is 0 Å². The molecule has 14 heavy (non-hydrogen) atoms. The van der Waals surface area contributed by atoms with Crippen LogP contribution in [0, 0.1) is 0 Å². The van der Waals surface area contributed by atoms with Gasteiger partial charge in [0.1, 0.15) is 0 Å². The Kier molecular flexibility index (Phi) is 5.51. The second kappa shape index (κ2) is 6.75. The summed E-state index contributed by atoms with van der Waals surface area (Å²) in [5, 5.41) is 6.00. The molecule has 1 unspecified atom stereocenters. The van der Waals surface area contributed by atoms with Crippen molar-refractivity contribution >= 4 is 5.91 Å². The predicted octanol–water partition coefficient (Wildman–Crippen LogP) is -0.872. The van der Waals surface area contributed by atoms with Gasteiger partial charge in [0, 0.05) is 33.2 Å². The Balaban J connectivity index is 2.03. The van der Waals surface area contributed by atoms with Crippen LogP contribution in [0.4, 0.5) is 0 Å². The van der Waals surface area contributed by atoms with Gasteiger partial charge in [0.25, 0.3) is 0 Å². The molecule has 82 valence electrons. The number of amides is 1. The van der Waals surface area contributed by atoms with E-state index >= 15 is 0 Å². The lowest BCUT2D eigenvalue weighted by molar-refractivity contribution is -0.122. The van der Waals surface area contributed by atoms with Crippen LogP contribution < -0.4 is 10.6 Å². The molecule has 1 fully saturated rings. The summed E-state index contributed by atoms with van der Waals surface area (Å²) in [6.07, 6.45) is 0.520. The third kappa shape index (κ3) is 4.55. The molecule has 1 amide bonds. The maximum absolute atomic E-state index is 11.2. The van der Waals surface area contributed by atoms with Gasteiger partial charge >= 0.3 is 0 Å². The van der Waals surface area contributed by atoms with Gasteiger partial charge in [-0.3, -0.25) is 4.79 Å². The highest BCUT2D eigenvalue weighted by Crippen LogP contribution is 1.94. The Hall–Kier alpha value is -0.650. The van der Waals surface area contributed by atoms with E-state index in [0.717, 1.165) is 19.7 Å². The summed E-state index contributed by atoms with van der Waals surface area (Å²) < 4.78 is 10.2. The maximum Gasteiger partial charge on any atom is 0.222 e. The molecule has 0 aliphatic carbocycles. The van der Waals surface area contributed by atoms with Crippen molar-refractivity contribution in [3.8, 4) is 0 Å². The summed E-state index contributed by atoms with van der Waals surface area (Å²) >= 11 is 0. The molecular formula is C9H18N2O3. The zero-order valence-corrected chi connectivity index (χ0v) is 8.54. The Labute approximate surface area is 84.1 Å². The molecule has 1 aliphatic rings. The number of nitrogens with one attached hydrogen (secondary N) is 2. The van der Waals surface area contributed by atoms with Crippen molar-refractivity contribution in [2.75, 3.05) is 40.0 Å². The quantitative estimate of drug-likeness (QED) is 0.608. The van der Waals surface area contributed by atoms with Crippen LogP contribution in [0.15, 0.2) is 0 Å². The van der Waals surface area contributed by atoms with Gasteiger partial charge in [-0.05, 0) is 0 Å². The van der Waals surface area contributed by atoms with Crippen molar-refractivity contribution in [1.82, 2.24) is 10.6 Å². The van der Waals surface area contributed by atoms with Crippen LogP contribution in [-0.4, -0.2) is 52.0 Å². The smallest absolute Gasteiger partial charge is 0.222 e. The number of morpholine rings is 1. The summed E-state index contributed by atoms with van der Waals surface area (Å²) in [5.74, 6) is 0.0148. The minimum atomic E-state index is 0.0148. The highest BCUT2D eigenvalue weighted by molar-refractivity contribution is 5.75. The molecule has 1 saturated heterocycles. The highest BCUT2D eigenvalue weighted by atomic mass is 16.5. The summed E-state index contributed by atoms with van der Waals surface area (Å²) in [6, 6.07) is 0. The Morgan fingerprint density at radius 3 is 3.21 bits per heavy atom. The molecule has 0 saturated carbocycles. The largest absolute Gasteiger partial charge is 0.384 e. The van der Waals surface area contributed by atoms with E-state index in [2.05, 4.69) is 10.6 Å². The molecule has 5 nitrogen and oxygen atoms in total. The van der Waals surface area contributed by atoms with Crippen molar-refractivity contribution < 1.29 is 14.3 Å². The van der Waals surface area contributed by atoms with Gasteiger partial charge < -0.3 is 20.1 Å². The van der Waals surface area contributed by atoms with Crippen molar-refractivity contribution in [1.29, 1.82) is 0 Å². The summed E-state index contributed by atoms with van der Waals surface area (Å²) in [4.78, 5) is 11.2. The molecule has 0 bridgehead atoms. The molecule has 1 heterocycles. The number of methoxy groups -OCH3 is 1. The topological polar surface area (TPSA) is 59.6 Å². The molecule has 0 aromatic carbocycles. The van der Waals surface area contributed by atoms with E-state index in [-0.39, 0.29) is 12.0 Å². The van der Waals surface area contributed by atoms with Gasteiger partial charge in [0.2, 0.25) is 5.91 Å². The van der Waals surface area contributed by atoms with Crippen molar-refractivity contribution in [3.63, 3.8) is 0 Å². The van der Waals surface area contributed by atoms with Gasteiger partial charge in [-0.15, -0.1) is 0 Å². The number of ether oxygens (including phenoxy) is 2. The lowest BCUT2D eigenvalue weighted by atomic mass is 10.3. The van der Waals surface area contributed by atoms with Gasteiger partial charge in [-0.25, -0.2) is 0 Å². The van der Waals surface area contributed by atoms with Crippen LogP contribution in [-0.2, 0) is 14.3 Å². The molecule has 0 aromatic heterocycles. The third-order valence-electron chi connectivity index (χ3n) is 2.06. The fourth-order valence-electron chi connectivity index (χ4n) is 1.26. The van der Waals surface area contributed by atoms with Gasteiger partial charge in [-0.2, -0.15) is 0 Å². The zero-order valence-electron chi connectivity index (χ0n) is 8.54. The van der Waals surface area contributed by atoms with Crippen molar-refractivity contribution in [2.24, 2.45) is 0 Å². The molecule has 1 aliphatic heterocycles. The fourth-order valence-corrected chi connectivity index (χ4v) is 1.26. The Morgan fingerprint density at radius 2 is 2.57 bits per heavy atom. The van der Waals surface area contributed by atoms with E-state index in [1.807, 2.05) is 0 Å². The van der Waals surface area contributed by atoms with Crippen LogP contribution >= 0.6 is 0 Å². The molecule has 2 N–H and O–H groups in total. The SMILES string of the molecule is COCCC(=O)NCC1CNCCO1. The van der Waals surface area contributed by atoms with Crippen LogP contribution in [0.3, 0.4) is 0 Å². The van der Waals surface area contributed by atoms with E-state index in [0.29, 0.717) is 19.6 Å². The Bertz CT molecular complexity index is 169. The molecule has 1 atom stereocenters. The van der Waals surface area contributed by atoms with E-state index in [9.17, 15) is 4.79 Å². The van der Waals surface area contributed by atoms with Gasteiger partial charge in [-0.1, -0.05) is 0 Å². The lowest BCUT2D eigenvalue weighted by Gasteiger charge is -2.23. The zero-order chi connectivity index (χ0) is 10.2. The highest BCUT2D eigenvalue weighted by Gasteiger charge is 2.13. The molecular weight excluding hydrogens is 184 g/mol. The molecule has 0 radical (unpaired) electrons. The van der Waals surface area contributed by atoms with E-state index < -0.39 is 0 Å². The van der Waals surface area contributed by atoms with Crippen LogP contribution in [0.25, 0.3) is 0 Å². The molecule has 0 spiro atoms. The van der Waals surface area contributed by atoms with Gasteiger partial charge in [0.15, 0.2) is 0 Å². The summed E-state index contributed by atoms with van der Waals surface area (Å²) in [6.45, 7) is 3.47. The summed E-state index contributed by atoms with van der Waals surface area (Å²) in [5.41, 5.74) is 0. The number of rotatable bonds is 5. The molecule has 0 aromatic rings. The standard InChI is InChI=1S/C9H18N2O3/c1-13-4-2-9(12)11-7-8-6-10-3-5-14-8/h8,10H,2-7H2,1H3,(H,11,12). The summed E-state index contributed by atoms with van der Waals surface area (Å²) in [7, 11) is 1.58.